The molecule has 0 saturated carbocycles. The summed E-state index contributed by atoms with van der Waals surface area (Å²) in [4.78, 5) is 24.0. The molecule has 132 valence electrons. The number of hydrogen-bond donors (Lipinski definition) is 2. The van der Waals surface area contributed by atoms with Crippen LogP contribution in [0.4, 0.5) is 11.4 Å². The minimum absolute atomic E-state index is 0.000803. The first-order valence-corrected chi connectivity index (χ1v) is 7.86. The number of aliphatic carboxylic acids is 2. The molecule has 0 atom stereocenters. The van der Waals surface area contributed by atoms with Crippen molar-refractivity contribution in [1.29, 1.82) is 0 Å². The number of nitrogens with zero attached hydrogens (tertiary/aromatic N) is 1. The summed E-state index contributed by atoms with van der Waals surface area (Å²) in [7, 11) is 0. The number of hydrogen-bond acceptors (Lipinski definition) is 4. The van der Waals surface area contributed by atoms with E-state index in [0.717, 1.165) is 11.4 Å². The summed E-state index contributed by atoms with van der Waals surface area (Å²) in [5, 5.41) is 18.1. The molecule has 0 amide bonds. The highest BCUT2D eigenvalue weighted by atomic mass is 16.5. The minimum atomic E-state index is -1.33. The van der Waals surface area contributed by atoms with Crippen LogP contribution in [-0.4, -0.2) is 34.3 Å². The van der Waals surface area contributed by atoms with Gasteiger partial charge in [0.2, 0.25) is 0 Å². The van der Waals surface area contributed by atoms with Crippen LogP contribution < -0.4 is 9.64 Å². The molecular formula is C19H21NO5. The van der Waals surface area contributed by atoms with Gasteiger partial charge in [0, 0.05) is 17.9 Å². The molecule has 2 rings (SSSR count). The second-order valence-corrected chi connectivity index (χ2v) is 6.04. The SMILES string of the molecule is CC(C)(Oc1ccc(N(CCC(=O)O)c2ccccc2)cc1)C(=O)O. The van der Waals surface area contributed by atoms with Crippen LogP contribution in [0.1, 0.15) is 20.3 Å². The van der Waals surface area contributed by atoms with Crippen molar-refractivity contribution < 1.29 is 24.5 Å². The third kappa shape index (κ3) is 4.97. The van der Waals surface area contributed by atoms with Crippen LogP contribution in [-0.2, 0) is 9.59 Å². The van der Waals surface area contributed by atoms with Gasteiger partial charge < -0.3 is 19.8 Å². The van der Waals surface area contributed by atoms with Crippen LogP contribution in [0.5, 0.6) is 5.75 Å². The highest BCUT2D eigenvalue weighted by Gasteiger charge is 2.29. The third-order valence-corrected chi connectivity index (χ3v) is 3.65. The Morgan fingerprint density at radius 1 is 0.960 bits per heavy atom. The maximum absolute atomic E-state index is 11.1. The molecule has 25 heavy (non-hydrogen) atoms. The van der Waals surface area contributed by atoms with Crippen molar-refractivity contribution in [2.45, 2.75) is 25.9 Å². The zero-order valence-electron chi connectivity index (χ0n) is 14.2. The van der Waals surface area contributed by atoms with E-state index in [1.807, 2.05) is 35.2 Å². The number of carboxylic acids is 2. The number of para-hydroxylation sites is 1. The van der Waals surface area contributed by atoms with Gasteiger partial charge in [-0.3, -0.25) is 4.79 Å². The normalized spacial score (nSPS) is 11.0. The van der Waals surface area contributed by atoms with E-state index >= 15 is 0 Å². The molecule has 0 fully saturated rings. The quantitative estimate of drug-likeness (QED) is 0.762. The van der Waals surface area contributed by atoms with Crippen LogP contribution in [0.2, 0.25) is 0 Å². The number of rotatable bonds is 8. The zero-order valence-corrected chi connectivity index (χ0v) is 14.2. The van der Waals surface area contributed by atoms with E-state index in [-0.39, 0.29) is 6.42 Å². The lowest BCUT2D eigenvalue weighted by atomic mass is 10.1. The summed E-state index contributed by atoms with van der Waals surface area (Å²) in [6, 6.07) is 16.4. The predicted octanol–water partition coefficient (Wildman–Crippen LogP) is 3.54. The molecule has 6 nitrogen and oxygen atoms in total. The molecule has 2 aromatic carbocycles. The van der Waals surface area contributed by atoms with Crippen molar-refractivity contribution in [3.8, 4) is 5.75 Å². The summed E-state index contributed by atoms with van der Waals surface area (Å²) < 4.78 is 5.49. The van der Waals surface area contributed by atoms with Gasteiger partial charge in [-0.2, -0.15) is 0 Å². The Kier molecular flexibility index (Phi) is 5.64. The van der Waals surface area contributed by atoms with E-state index in [0.29, 0.717) is 12.3 Å². The van der Waals surface area contributed by atoms with Crippen molar-refractivity contribution in [3.05, 3.63) is 54.6 Å². The highest BCUT2D eigenvalue weighted by molar-refractivity contribution is 5.77. The largest absolute Gasteiger partial charge is 0.481 e. The van der Waals surface area contributed by atoms with Crippen molar-refractivity contribution in [2.24, 2.45) is 0 Å². The molecule has 0 aliphatic rings. The first-order chi connectivity index (χ1) is 11.8. The second kappa shape index (κ2) is 7.70. The molecule has 0 aromatic heterocycles. The molecule has 0 radical (unpaired) electrons. The fraction of sp³-hybridized carbons (Fsp3) is 0.263. The maximum atomic E-state index is 11.1. The van der Waals surface area contributed by atoms with Gasteiger partial charge in [-0.15, -0.1) is 0 Å². The van der Waals surface area contributed by atoms with Gasteiger partial charge in [-0.1, -0.05) is 18.2 Å². The number of anilines is 2. The highest BCUT2D eigenvalue weighted by Crippen LogP contribution is 2.28. The van der Waals surface area contributed by atoms with E-state index < -0.39 is 17.5 Å². The summed E-state index contributed by atoms with van der Waals surface area (Å²) in [5.74, 6) is -1.49. The van der Waals surface area contributed by atoms with Crippen LogP contribution in [0, 0.1) is 0 Å². The second-order valence-electron chi connectivity index (χ2n) is 6.04. The number of carbonyl (C=O) groups is 2. The number of benzene rings is 2. The lowest BCUT2D eigenvalue weighted by molar-refractivity contribution is -0.152. The smallest absolute Gasteiger partial charge is 0.347 e. The predicted molar refractivity (Wildman–Crippen MR) is 94.5 cm³/mol. The van der Waals surface area contributed by atoms with Gasteiger partial charge >= 0.3 is 11.9 Å². The average Bonchev–Trinajstić information content (AvgIpc) is 2.57. The summed E-state index contributed by atoms with van der Waals surface area (Å²) >= 11 is 0. The van der Waals surface area contributed by atoms with Crippen molar-refractivity contribution in [3.63, 3.8) is 0 Å². The number of ether oxygens (including phenoxy) is 1. The molecule has 6 heteroatoms. The van der Waals surface area contributed by atoms with E-state index in [1.165, 1.54) is 13.8 Å². The Labute approximate surface area is 146 Å². The number of carboxylic acid groups (broad SMARTS) is 2. The molecule has 0 bridgehead atoms. The van der Waals surface area contributed by atoms with Crippen LogP contribution >= 0.6 is 0 Å². The van der Waals surface area contributed by atoms with Crippen molar-refractivity contribution >= 4 is 23.3 Å². The van der Waals surface area contributed by atoms with Crippen molar-refractivity contribution in [2.75, 3.05) is 11.4 Å². The summed E-state index contributed by atoms with van der Waals surface area (Å²) in [6.45, 7) is 3.28. The Morgan fingerprint density at radius 2 is 1.52 bits per heavy atom. The molecule has 0 spiro atoms. The van der Waals surface area contributed by atoms with E-state index in [9.17, 15) is 9.59 Å². The Hall–Kier alpha value is -3.02. The molecule has 0 saturated heterocycles. The van der Waals surface area contributed by atoms with Gasteiger partial charge in [0.15, 0.2) is 5.60 Å². The minimum Gasteiger partial charge on any atom is -0.481 e. The average molecular weight is 343 g/mol. The van der Waals surface area contributed by atoms with Crippen LogP contribution in [0.3, 0.4) is 0 Å². The molecule has 0 heterocycles. The first-order valence-electron chi connectivity index (χ1n) is 7.86. The van der Waals surface area contributed by atoms with Gasteiger partial charge in [0.1, 0.15) is 5.75 Å². The Balaban J connectivity index is 2.23. The standard InChI is InChI=1S/C19H21NO5/c1-19(2,18(23)24)25-16-10-8-15(9-11-16)20(13-12-17(21)22)14-6-4-3-5-7-14/h3-11H,12-13H2,1-2H3,(H,21,22)(H,23,24). The van der Waals surface area contributed by atoms with Gasteiger partial charge in [0.05, 0.1) is 6.42 Å². The molecular weight excluding hydrogens is 322 g/mol. The topological polar surface area (TPSA) is 87.1 Å². The van der Waals surface area contributed by atoms with Gasteiger partial charge in [-0.25, -0.2) is 4.79 Å². The van der Waals surface area contributed by atoms with Crippen molar-refractivity contribution in [1.82, 2.24) is 0 Å². The molecule has 2 aromatic rings. The van der Waals surface area contributed by atoms with Gasteiger partial charge in [-0.05, 0) is 50.2 Å². The molecule has 2 N–H and O–H groups in total. The third-order valence-electron chi connectivity index (χ3n) is 3.65. The molecule has 0 aliphatic carbocycles. The molecule has 0 unspecified atom stereocenters. The fourth-order valence-corrected chi connectivity index (χ4v) is 2.26. The van der Waals surface area contributed by atoms with Crippen LogP contribution in [0.15, 0.2) is 54.6 Å². The zero-order chi connectivity index (χ0) is 18.4. The summed E-state index contributed by atoms with van der Waals surface area (Å²) in [5.41, 5.74) is 0.348. The Morgan fingerprint density at radius 3 is 2.04 bits per heavy atom. The van der Waals surface area contributed by atoms with Crippen LogP contribution in [0.25, 0.3) is 0 Å². The monoisotopic (exact) mass is 343 g/mol. The maximum Gasteiger partial charge on any atom is 0.347 e. The van der Waals surface area contributed by atoms with E-state index in [4.69, 9.17) is 14.9 Å². The lowest BCUT2D eigenvalue weighted by Gasteiger charge is -2.25. The van der Waals surface area contributed by atoms with E-state index in [1.54, 1.807) is 24.3 Å². The van der Waals surface area contributed by atoms with E-state index in [2.05, 4.69) is 0 Å². The Bertz CT molecular complexity index is 725. The lowest BCUT2D eigenvalue weighted by Crippen LogP contribution is -2.37. The molecule has 0 aliphatic heterocycles. The fourth-order valence-electron chi connectivity index (χ4n) is 2.26. The summed E-state index contributed by atoms with van der Waals surface area (Å²) in [6.07, 6.45) is -0.000803. The van der Waals surface area contributed by atoms with Gasteiger partial charge in [0.25, 0.3) is 0 Å². The first kappa shape index (κ1) is 18.3.